The Kier molecular flexibility index (Phi) is 4.02. The fourth-order valence-corrected chi connectivity index (χ4v) is 2.20. The lowest BCUT2D eigenvalue weighted by Crippen LogP contribution is -2.20. The minimum Gasteiger partial charge on any atom is -0.293 e. The molecule has 0 spiro atoms. The minimum absolute atomic E-state index is 1.15. The Labute approximate surface area is 69.3 Å². The standard InChI is InChI=1S/C6H12BrNS/c7-2-1-3-8-4-5-9-6-8/h1-6H2. The normalized spacial score (nSPS) is 21.0. The average molecular weight is 210 g/mol. The van der Waals surface area contributed by atoms with Crippen LogP contribution in [0.1, 0.15) is 6.42 Å². The van der Waals surface area contributed by atoms with Crippen molar-refractivity contribution in [1.82, 2.24) is 4.90 Å². The first-order chi connectivity index (χ1) is 4.43. The van der Waals surface area contributed by atoms with Crippen LogP contribution in [0.4, 0.5) is 0 Å². The monoisotopic (exact) mass is 209 g/mol. The Morgan fingerprint density at radius 1 is 1.56 bits per heavy atom. The lowest BCUT2D eigenvalue weighted by Gasteiger charge is -2.11. The van der Waals surface area contributed by atoms with E-state index in [2.05, 4.69) is 20.8 Å². The molecule has 0 atom stereocenters. The Balaban J connectivity index is 1.98. The predicted molar refractivity (Wildman–Crippen MR) is 47.3 cm³/mol. The average Bonchev–Trinajstić information content (AvgIpc) is 2.34. The van der Waals surface area contributed by atoms with Crippen molar-refractivity contribution < 1.29 is 0 Å². The summed E-state index contributed by atoms with van der Waals surface area (Å²) in [4.78, 5) is 2.51. The highest BCUT2D eigenvalue weighted by Gasteiger charge is 2.09. The van der Waals surface area contributed by atoms with Gasteiger partial charge in [0.25, 0.3) is 0 Å². The smallest absolute Gasteiger partial charge is 0.0445 e. The zero-order valence-electron chi connectivity index (χ0n) is 5.48. The maximum absolute atomic E-state index is 3.42. The van der Waals surface area contributed by atoms with Crippen LogP contribution < -0.4 is 0 Å². The molecule has 0 aromatic carbocycles. The number of rotatable bonds is 3. The van der Waals surface area contributed by atoms with Crippen molar-refractivity contribution in [1.29, 1.82) is 0 Å². The zero-order valence-corrected chi connectivity index (χ0v) is 7.88. The van der Waals surface area contributed by atoms with Crippen LogP contribution in [-0.4, -0.2) is 34.9 Å². The molecule has 1 aliphatic rings. The summed E-state index contributed by atoms with van der Waals surface area (Å²) in [6.45, 7) is 2.58. The van der Waals surface area contributed by atoms with Gasteiger partial charge in [-0.3, -0.25) is 4.90 Å². The Morgan fingerprint density at radius 2 is 2.44 bits per heavy atom. The molecular weight excluding hydrogens is 198 g/mol. The van der Waals surface area contributed by atoms with Gasteiger partial charge < -0.3 is 0 Å². The number of alkyl halides is 1. The molecule has 1 nitrogen and oxygen atoms in total. The fourth-order valence-electron chi connectivity index (χ4n) is 0.912. The highest BCUT2D eigenvalue weighted by molar-refractivity contribution is 9.09. The number of hydrogen-bond donors (Lipinski definition) is 0. The lowest BCUT2D eigenvalue weighted by molar-refractivity contribution is 0.358. The quantitative estimate of drug-likeness (QED) is 0.653. The number of halogens is 1. The van der Waals surface area contributed by atoms with Crippen LogP contribution in [0.3, 0.4) is 0 Å². The highest BCUT2D eigenvalue weighted by Crippen LogP contribution is 2.12. The third-order valence-corrected chi connectivity index (χ3v) is 3.01. The summed E-state index contributed by atoms with van der Waals surface area (Å²) in [5.41, 5.74) is 0. The zero-order chi connectivity index (χ0) is 6.53. The van der Waals surface area contributed by atoms with Gasteiger partial charge in [-0.15, -0.1) is 11.8 Å². The van der Waals surface area contributed by atoms with Crippen LogP contribution in [0, 0.1) is 0 Å². The predicted octanol–water partition coefficient (Wildman–Crippen LogP) is 1.78. The third kappa shape index (κ3) is 2.92. The second-order valence-electron chi connectivity index (χ2n) is 2.20. The van der Waals surface area contributed by atoms with Crippen molar-refractivity contribution in [2.45, 2.75) is 6.42 Å². The second-order valence-corrected chi connectivity index (χ2v) is 4.07. The molecule has 0 bridgehead atoms. The Bertz CT molecular complexity index is 73.5. The molecular formula is C6H12BrNS. The van der Waals surface area contributed by atoms with E-state index in [1.165, 1.54) is 31.1 Å². The maximum Gasteiger partial charge on any atom is 0.0445 e. The van der Waals surface area contributed by atoms with Gasteiger partial charge in [0.15, 0.2) is 0 Å². The van der Waals surface area contributed by atoms with E-state index in [-0.39, 0.29) is 0 Å². The first-order valence-electron chi connectivity index (χ1n) is 3.29. The first kappa shape index (κ1) is 7.89. The van der Waals surface area contributed by atoms with Crippen molar-refractivity contribution in [3.8, 4) is 0 Å². The third-order valence-electron chi connectivity index (χ3n) is 1.43. The van der Waals surface area contributed by atoms with E-state index < -0.39 is 0 Å². The first-order valence-corrected chi connectivity index (χ1v) is 5.57. The summed E-state index contributed by atoms with van der Waals surface area (Å²) in [6.07, 6.45) is 1.29. The molecule has 3 heteroatoms. The van der Waals surface area contributed by atoms with Gasteiger partial charge in [-0.25, -0.2) is 0 Å². The summed E-state index contributed by atoms with van der Waals surface area (Å²) < 4.78 is 0. The molecule has 0 aliphatic carbocycles. The molecule has 54 valence electrons. The van der Waals surface area contributed by atoms with Gasteiger partial charge in [-0.05, 0) is 13.0 Å². The molecule has 0 radical (unpaired) electrons. The summed E-state index contributed by atoms with van der Waals surface area (Å²) in [6, 6.07) is 0. The molecule has 0 amide bonds. The van der Waals surface area contributed by atoms with E-state index in [9.17, 15) is 0 Å². The van der Waals surface area contributed by atoms with Crippen molar-refractivity contribution >= 4 is 27.7 Å². The van der Waals surface area contributed by atoms with Crippen molar-refractivity contribution in [3.05, 3.63) is 0 Å². The fraction of sp³-hybridized carbons (Fsp3) is 1.00. The van der Waals surface area contributed by atoms with Crippen LogP contribution in [-0.2, 0) is 0 Å². The largest absolute Gasteiger partial charge is 0.293 e. The molecule has 0 N–H and O–H groups in total. The molecule has 1 aliphatic heterocycles. The van der Waals surface area contributed by atoms with E-state index in [1.54, 1.807) is 0 Å². The van der Waals surface area contributed by atoms with Crippen molar-refractivity contribution in [2.24, 2.45) is 0 Å². The summed E-state index contributed by atoms with van der Waals surface area (Å²) in [7, 11) is 0. The van der Waals surface area contributed by atoms with Gasteiger partial charge >= 0.3 is 0 Å². The van der Waals surface area contributed by atoms with Crippen molar-refractivity contribution in [2.75, 3.05) is 30.0 Å². The molecule has 1 fully saturated rings. The van der Waals surface area contributed by atoms with Gasteiger partial charge in [0.05, 0.1) is 0 Å². The highest BCUT2D eigenvalue weighted by atomic mass is 79.9. The van der Waals surface area contributed by atoms with E-state index >= 15 is 0 Å². The molecule has 9 heavy (non-hydrogen) atoms. The van der Waals surface area contributed by atoms with E-state index in [0.717, 1.165) is 5.33 Å². The summed E-state index contributed by atoms with van der Waals surface area (Å²) >= 11 is 5.47. The van der Waals surface area contributed by atoms with Gasteiger partial charge in [0.2, 0.25) is 0 Å². The van der Waals surface area contributed by atoms with Crippen LogP contribution in [0.15, 0.2) is 0 Å². The molecule has 0 unspecified atom stereocenters. The lowest BCUT2D eigenvalue weighted by atomic mass is 10.4. The van der Waals surface area contributed by atoms with E-state index in [4.69, 9.17) is 0 Å². The van der Waals surface area contributed by atoms with Crippen LogP contribution in [0.5, 0.6) is 0 Å². The van der Waals surface area contributed by atoms with Crippen LogP contribution >= 0.6 is 27.7 Å². The molecule has 0 saturated carbocycles. The summed E-state index contributed by atoms with van der Waals surface area (Å²) in [5.74, 6) is 2.59. The topological polar surface area (TPSA) is 3.24 Å². The molecule has 0 aromatic rings. The molecule has 1 heterocycles. The number of hydrogen-bond acceptors (Lipinski definition) is 2. The minimum atomic E-state index is 1.15. The van der Waals surface area contributed by atoms with Gasteiger partial charge in [-0.2, -0.15) is 0 Å². The van der Waals surface area contributed by atoms with Gasteiger partial charge in [0.1, 0.15) is 0 Å². The molecule has 1 saturated heterocycles. The SMILES string of the molecule is BrCCCN1CCSC1. The molecule has 0 aromatic heterocycles. The summed E-state index contributed by atoms with van der Waals surface area (Å²) in [5, 5.41) is 1.15. The van der Waals surface area contributed by atoms with Crippen LogP contribution in [0.2, 0.25) is 0 Å². The van der Waals surface area contributed by atoms with Crippen molar-refractivity contribution in [3.63, 3.8) is 0 Å². The maximum atomic E-state index is 3.42. The Morgan fingerprint density at radius 3 is 3.00 bits per heavy atom. The number of thioether (sulfide) groups is 1. The number of nitrogens with zero attached hydrogens (tertiary/aromatic N) is 1. The van der Waals surface area contributed by atoms with Crippen LogP contribution in [0.25, 0.3) is 0 Å². The second kappa shape index (κ2) is 4.58. The Hall–Kier alpha value is 0.790. The van der Waals surface area contributed by atoms with Gasteiger partial charge in [0, 0.05) is 23.5 Å². The molecule has 1 rings (SSSR count). The van der Waals surface area contributed by atoms with E-state index in [1.807, 2.05) is 11.8 Å². The van der Waals surface area contributed by atoms with E-state index in [0.29, 0.717) is 0 Å². The van der Waals surface area contributed by atoms with Gasteiger partial charge in [-0.1, -0.05) is 15.9 Å².